The van der Waals surface area contributed by atoms with Crippen molar-refractivity contribution in [3.63, 3.8) is 0 Å². The molecule has 0 heterocycles. The van der Waals surface area contributed by atoms with Gasteiger partial charge in [-0.15, -0.1) is 0 Å². The Labute approximate surface area is 76.8 Å². The first kappa shape index (κ1) is 9.58. The van der Waals surface area contributed by atoms with Gasteiger partial charge in [0.1, 0.15) is 3.74 Å². The third-order valence-electron chi connectivity index (χ3n) is 0.469. The van der Waals surface area contributed by atoms with Gasteiger partial charge in [-0.1, -0.05) is 31.9 Å². The van der Waals surface area contributed by atoms with Gasteiger partial charge in [-0.2, -0.15) is 0 Å². The molecule has 0 spiro atoms. The van der Waals surface area contributed by atoms with E-state index in [0.29, 0.717) is 0 Å². The molecule has 0 aromatic rings. The van der Waals surface area contributed by atoms with Crippen LogP contribution in [0.3, 0.4) is 0 Å². The van der Waals surface area contributed by atoms with E-state index < -0.39 is 15.5 Å². The molecule has 0 aromatic heterocycles. The Hall–Kier alpha value is 0.580. The van der Waals surface area contributed by atoms with Gasteiger partial charge < -0.3 is 3.83 Å². The van der Waals surface area contributed by atoms with Crippen LogP contribution in [0.1, 0.15) is 0 Å². The van der Waals surface area contributed by atoms with Gasteiger partial charge in [0.15, 0.2) is 16.3 Å². The van der Waals surface area contributed by atoms with Crippen molar-refractivity contribution in [1.82, 2.24) is 0 Å². The van der Waals surface area contributed by atoms with E-state index in [1.165, 1.54) is 0 Å². The minimum atomic E-state index is -0.936. The second-order valence-electron chi connectivity index (χ2n) is 1.03. The van der Waals surface area contributed by atoms with E-state index in [2.05, 4.69) is 51.9 Å². The molecule has 0 N–H and O–H groups in total. The van der Waals surface area contributed by atoms with Crippen molar-refractivity contribution in [2.24, 2.45) is 0 Å². The maximum atomic E-state index is 10.5. The Bertz CT molecular complexity index is 132. The van der Waals surface area contributed by atoms with Crippen molar-refractivity contribution < 1.29 is 13.4 Å². The summed E-state index contributed by atoms with van der Waals surface area (Å²) in [4.78, 5) is 20.8. The lowest BCUT2D eigenvalue weighted by Gasteiger charge is -1.93. The van der Waals surface area contributed by atoms with E-state index in [1.54, 1.807) is 0 Å². The molecule has 0 saturated carbocycles. The van der Waals surface area contributed by atoms with Gasteiger partial charge >= 0.3 is 5.97 Å². The number of halogens is 3. The molecule has 0 aliphatic rings. The van der Waals surface area contributed by atoms with Crippen LogP contribution < -0.4 is 0 Å². The third-order valence-corrected chi connectivity index (χ3v) is 1.60. The predicted molar refractivity (Wildman–Crippen MR) is 41.7 cm³/mol. The van der Waals surface area contributed by atoms with Crippen molar-refractivity contribution in [3.05, 3.63) is 0 Å². The molecule has 0 aliphatic carbocycles. The molecule has 0 rings (SSSR count). The molecule has 52 valence electrons. The smallest absolute Gasteiger partial charge is 0.378 e. The molecule has 0 aromatic carbocycles. The van der Waals surface area contributed by atoms with Crippen LogP contribution in [0, 0.1) is 0 Å². The first-order valence-corrected chi connectivity index (χ1v) is 4.22. The zero-order valence-corrected chi connectivity index (χ0v) is 8.69. The number of carbonyl (C=O) groups is 2. The number of rotatable bonds is 2. The summed E-state index contributed by atoms with van der Waals surface area (Å²) in [5.74, 6) is -1.62. The first-order valence-electron chi connectivity index (χ1n) is 1.74. The van der Waals surface area contributed by atoms with Crippen molar-refractivity contribution in [2.75, 3.05) is 0 Å². The number of hydrogen-bond acceptors (Lipinski definition) is 3. The number of alkyl halides is 2. The Morgan fingerprint density at radius 2 is 1.78 bits per heavy atom. The van der Waals surface area contributed by atoms with Crippen LogP contribution in [0.5, 0.6) is 0 Å². The second-order valence-corrected chi connectivity index (χ2v) is 4.41. The van der Waals surface area contributed by atoms with E-state index in [-0.39, 0.29) is 0 Å². The lowest BCUT2D eigenvalue weighted by molar-refractivity contribution is -0.144. The molecule has 0 aliphatic heterocycles. The van der Waals surface area contributed by atoms with Gasteiger partial charge in [0, 0.05) is 0 Å². The van der Waals surface area contributed by atoms with Crippen molar-refractivity contribution in [3.8, 4) is 0 Å². The molecular weight excluding hydrogens is 324 g/mol. The van der Waals surface area contributed by atoms with E-state index in [1.807, 2.05) is 0 Å². The predicted octanol–water partition coefficient (Wildman–Crippen LogP) is 1.52. The van der Waals surface area contributed by atoms with Crippen LogP contribution in [0.15, 0.2) is 0 Å². The Morgan fingerprint density at radius 3 is 1.89 bits per heavy atom. The molecule has 3 nitrogen and oxygen atoms in total. The molecule has 0 atom stereocenters. The highest BCUT2D eigenvalue weighted by atomic mass is 79.9. The SMILES string of the molecule is O=C(OBr)C(=O)C(Br)Br. The molecule has 0 amide bonds. The first-order chi connectivity index (χ1) is 4.09. The number of hydrogen-bond donors (Lipinski definition) is 0. The summed E-state index contributed by atoms with van der Waals surface area (Å²) in [6.45, 7) is 0. The van der Waals surface area contributed by atoms with Crippen LogP contribution in [-0.2, 0) is 13.4 Å². The molecule has 6 heteroatoms. The van der Waals surface area contributed by atoms with Crippen molar-refractivity contribution >= 4 is 59.9 Å². The summed E-state index contributed by atoms with van der Waals surface area (Å²) in [5, 5.41) is 0. The zero-order valence-electron chi connectivity index (χ0n) is 3.94. The highest BCUT2D eigenvalue weighted by molar-refractivity contribution is 9.25. The summed E-state index contributed by atoms with van der Waals surface area (Å²) < 4.78 is 3.27. The van der Waals surface area contributed by atoms with E-state index in [9.17, 15) is 9.59 Å². The fraction of sp³-hybridized carbons (Fsp3) is 0.333. The van der Waals surface area contributed by atoms with Gasteiger partial charge in [-0.3, -0.25) is 4.79 Å². The van der Waals surface area contributed by atoms with Crippen molar-refractivity contribution in [1.29, 1.82) is 0 Å². The minimum Gasteiger partial charge on any atom is -0.378 e. The lowest BCUT2D eigenvalue weighted by atomic mass is 10.5. The van der Waals surface area contributed by atoms with Crippen LogP contribution in [-0.4, -0.2) is 15.5 Å². The van der Waals surface area contributed by atoms with Crippen LogP contribution in [0.4, 0.5) is 0 Å². The monoisotopic (exact) mass is 322 g/mol. The van der Waals surface area contributed by atoms with Crippen molar-refractivity contribution in [2.45, 2.75) is 3.74 Å². The lowest BCUT2D eigenvalue weighted by Crippen LogP contribution is -2.19. The summed E-state index contributed by atoms with van der Waals surface area (Å²) >= 11 is 8.02. The van der Waals surface area contributed by atoms with Gasteiger partial charge in [0.05, 0.1) is 0 Å². The maximum Gasteiger partial charge on any atom is 0.388 e. The molecular formula is C3HBr3O3. The quantitative estimate of drug-likeness (QED) is 0.571. The summed E-state index contributed by atoms with van der Waals surface area (Å²) in [7, 11) is 0. The van der Waals surface area contributed by atoms with Gasteiger partial charge in [0.2, 0.25) is 0 Å². The fourth-order valence-electron chi connectivity index (χ4n) is 0.127. The highest BCUT2D eigenvalue weighted by Crippen LogP contribution is 2.10. The topological polar surface area (TPSA) is 43.4 Å². The number of Topliss-reactive ketones (excluding diaryl/α,β-unsaturated/α-hetero) is 1. The molecule has 0 radical (unpaired) electrons. The third kappa shape index (κ3) is 3.32. The normalized spacial score (nSPS) is 9.33. The molecule has 0 saturated heterocycles. The fourth-order valence-corrected chi connectivity index (χ4v) is 0.660. The highest BCUT2D eigenvalue weighted by Gasteiger charge is 2.20. The summed E-state index contributed by atoms with van der Waals surface area (Å²) in [6.07, 6.45) is 0. The van der Waals surface area contributed by atoms with Gasteiger partial charge in [-0.05, 0) is 0 Å². The van der Waals surface area contributed by atoms with Crippen LogP contribution >= 0.6 is 48.1 Å². The van der Waals surface area contributed by atoms with E-state index >= 15 is 0 Å². The van der Waals surface area contributed by atoms with Gasteiger partial charge in [-0.25, -0.2) is 4.79 Å². The standard InChI is InChI=1S/C3HBr3O3/c4-2(5)1(7)3(8)9-6/h2H. The maximum absolute atomic E-state index is 10.5. The number of carbonyl (C=O) groups excluding carboxylic acids is 2. The Balaban J connectivity index is 3.89. The minimum absolute atomic E-state index is 0.671. The molecule has 0 bridgehead atoms. The van der Waals surface area contributed by atoms with Crippen LogP contribution in [0.2, 0.25) is 0 Å². The Kier molecular flexibility index (Phi) is 4.69. The average Bonchev–Trinajstić information content (AvgIpc) is 1.84. The molecule has 9 heavy (non-hydrogen) atoms. The van der Waals surface area contributed by atoms with Gasteiger partial charge in [0.25, 0.3) is 5.78 Å². The number of ketones is 1. The zero-order chi connectivity index (χ0) is 7.44. The van der Waals surface area contributed by atoms with E-state index in [4.69, 9.17) is 0 Å². The van der Waals surface area contributed by atoms with Crippen LogP contribution in [0.25, 0.3) is 0 Å². The van der Waals surface area contributed by atoms with E-state index in [0.717, 1.165) is 0 Å². The molecule has 0 unspecified atom stereocenters. The summed E-state index contributed by atoms with van der Waals surface area (Å²) in [5.41, 5.74) is 0. The second kappa shape index (κ2) is 4.40. The molecule has 0 fully saturated rings. The Morgan fingerprint density at radius 1 is 1.33 bits per heavy atom. The average molecular weight is 325 g/mol. The summed E-state index contributed by atoms with van der Waals surface area (Å²) in [6, 6.07) is 0. The largest absolute Gasteiger partial charge is 0.388 e.